The van der Waals surface area contributed by atoms with Crippen molar-refractivity contribution in [2.75, 3.05) is 6.54 Å². The highest BCUT2D eigenvalue weighted by Crippen LogP contribution is 2.31. The minimum Gasteiger partial charge on any atom is -0.304 e. The standard InChI is InChI=1S/C14H13F3N2O2/c15-14(16,17)11-6-5-8(7-18-11)19-12(20)9-3-1-2-4-10(9)13(19)21/h1-4,8,11,18H,5-7H2. The summed E-state index contributed by atoms with van der Waals surface area (Å²) < 4.78 is 37.8. The zero-order chi connectivity index (χ0) is 15.2. The van der Waals surface area contributed by atoms with Gasteiger partial charge in [-0.3, -0.25) is 14.5 Å². The molecule has 1 aromatic rings. The lowest BCUT2D eigenvalue weighted by Gasteiger charge is -2.35. The van der Waals surface area contributed by atoms with Gasteiger partial charge < -0.3 is 5.32 Å². The number of rotatable bonds is 1. The lowest BCUT2D eigenvalue weighted by Crippen LogP contribution is -2.55. The van der Waals surface area contributed by atoms with Crippen LogP contribution in [0.15, 0.2) is 24.3 Å². The lowest BCUT2D eigenvalue weighted by molar-refractivity contribution is -0.161. The fourth-order valence-corrected chi connectivity index (χ4v) is 2.88. The quantitative estimate of drug-likeness (QED) is 0.806. The fraction of sp³-hybridized carbons (Fsp3) is 0.429. The lowest BCUT2D eigenvalue weighted by atomic mass is 9.99. The Hall–Kier alpha value is -1.89. The molecule has 0 aliphatic carbocycles. The molecular weight excluding hydrogens is 285 g/mol. The highest BCUT2D eigenvalue weighted by molar-refractivity contribution is 6.21. The summed E-state index contributed by atoms with van der Waals surface area (Å²) in [7, 11) is 0. The Balaban J connectivity index is 1.76. The molecule has 0 radical (unpaired) electrons. The maximum absolute atomic E-state index is 12.6. The van der Waals surface area contributed by atoms with Crippen molar-refractivity contribution in [1.29, 1.82) is 0 Å². The summed E-state index contributed by atoms with van der Waals surface area (Å²) in [6.45, 7) is -0.0321. The minimum atomic E-state index is -4.30. The van der Waals surface area contributed by atoms with E-state index in [0.29, 0.717) is 11.1 Å². The fourth-order valence-electron chi connectivity index (χ4n) is 2.88. The van der Waals surface area contributed by atoms with Gasteiger partial charge in [0.05, 0.1) is 17.2 Å². The third-order valence-electron chi connectivity index (χ3n) is 3.97. The van der Waals surface area contributed by atoms with Gasteiger partial charge >= 0.3 is 6.18 Å². The molecule has 2 atom stereocenters. The van der Waals surface area contributed by atoms with Crippen LogP contribution in [0.4, 0.5) is 13.2 Å². The Kier molecular flexibility index (Phi) is 3.24. The van der Waals surface area contributed by atoms with Crippen molar-refractivity contribution < 1.29 is 22.8 Å². The third-order valence-corrected chi connectivity index (χ3v) is 3.97. The molecule has 0 bridgehead atoms. The Labute approximate surface area is 118 Å². The summed E-state index contributed by atoms with van der Waals surface area (Å²) in [6.07, 6.45) is -4.28. The van der Waals surface area contributed by atoms with E-state index in [1.54, 1.807) is 24.3 Å². The molecule has 4 nitrogen and oxygen atoms in total. The molecule has 1 saturated heterocycles. The van der Waals surface area contributed by atoms with E-state index in [9.17, 15) is 22.8 Å². The van der Waals surface area contributed by atoms with Crippen molar-refractivity contribution in [2.45, 2.75) is 31.1 Å². The van der Waals surface area contributed by atoms with Gasteiger partial charge in [0.25, 0.3) is 11.8 Å². The molecule has 112 valence electrons. The van der Waals surface area contributed by atoms with E-state index in [1.807, 2.05) is 0 Å². The molecule has 2 amide bonds. The van der Waals surface area contributed by atoms with Crippen LogP contribution in [-0.2, 0) is 0 Å². The molecule has 1 aromatic carbocycles. The maximum Gasteiger partial charge on any atom is 0.403 e. The Morgan fingerprint density at radius 1 is 1.05 bits per heavy atom. The summed E-state index contributed by atoms with van der Waals surface area (Å²) in [5, 5.41) is 2.38. The Bertz CT molecular complexity index is 557. The van der Waals surface area contributed by atoms with Crippen LogP contribution in [0, 0.1) is 0 Å². The van der Waals surface area contributed by atoms with E-state index < -0.39 is 30.1 Å². The first-order chi connectivity index (χ1) is 9.89. The second-order valence-electron chi connectivity index (χ2n) is 5.26. The van der Waals surface area contributed by atoms with Crippen molar-refractivity contribution in [2.24, 2.45) is 0 Å². The summed E-state index contributed by atoms with van der Waals surface area (Å²) in [5.74, 6) is -0.847. The minimum absolute atomic E-state index is 0.0321. The molecule has 1 N–H and O–H groups in total. The van der Waals surface area contributed by atoms with Crippen LogP contribution in [-0.4, -0.2) is 41.5 Å². The van der Waals surface area contributed by atoms with E-state index in [4.69, 9.17) is 0 Å². The molecule has 3 rings (SSSR count). The highest BCUT2D eigenvalue weighted by Gasteiger charge is 2.45. The molecular formula is C14H13F3N2O2. The van der Waals surface area contributed by atoms with Crippen molar-refractivity contribution in [3.8, 4) is 0 Å². The predicted octanol–water partition coefficient (Wildman–Crippen LogP) is 1.97. The number of nitrogens with zero attached hydrogens (tertiary/aromatic N) is 1. The van der Waals surface area contributed by atoms with Crippen LogP contribution in [0.1, 0.15) is 33.6 Å². The first kappa shape index (κ1) is 14.1. The van der Waals surface area contributed by atoms with E-state index in [1.165, 1.54) is 0 Å². The number of nitrogens with one attached hydrogen (secondary N) is 1. The van der Waals surface area contributed by atoms with Gasteiger partial charge in [0.15, 0.2) is 0 Å². The van der Waals surface area contributed by atoms with Gasteiger partial charge in [-0.1, -0.05) is 12.1 Å². The average molecular weight is 298 g/mol. The number of carbonyl (C=O) groups is 2. The van der Waals surface area contributed by atoms with Gasteiger partial charge in [0, 0.05) is 6.54 Å². The first-order valence-electron chi connectivity index (χ1n) is 6.66. The Morgan fingerprint density at radius 2 is 1.62 bits per heavy atom. The van der Waals surface area contributed by atoms with Crippen LogP contribution in [0.25, 0.3) is 0 Å². The SMILES string of the molecule is O=C1c2ccccc2C(=O)N1C1CCC(C(F)(F)F)NC1. The number of fused-ring (bicyclic) bond motifs is 1. The topological polar surface area (TPSA) is 49.4 Å². The number of imide groups is 1. The molecule has 0 aromatic heterocycles. The summed E-state index contributed by atoms with van der Waals surface area (Å²) >= 11 is 0. The van der Waals surface area contributed by atoms with Crippen LogP contribution < -0.4 is 5.32 Å². The predicted molar refractivity (Wildman–Crippen MR) is 67.8 cm³/mol. The molecule has 0 saturated carbocycles. The normalized spacial score (nSPS) is 26.1. The maximum atomic E-state index is 12.6. The van der Waals surface area contributed by atoms with Crippen LogP contribution >= 0.6 is 0 Å². The molecule has 21 heavy (non-hydrogen) atoms. The van der Waals surface area contributed by atoms with E-state index in [2.05, 4.69) is 5.32 Å². The van der Waals surface area contributed by atoms with Crippen LogP contribution in [0.3, 0.4) is 0 Å². The van der Waals surface area contributed by atoms with Crippen LogP contribution in [0.5, 0.6) is 0 Å². The summed E-state index contributed by atoms with van der Waals surface area (Å²) in [5.41, 5.74) is 0.640. The number of halogens is 3. The van der Waals surface area contributed by atoms with Crippen molar-refractivity contribution in [3.05, 3.63) is 35.4 Å². The Morgan fingerprint density at radius 3 is 2.05 bits per heavy atom. The molecule has 2 aliphatic rings. The number of alkyl halides is 3. The van der Waals surface area contributed by atoms with Gasteiger partial charge in [-0.15, -0.1) is 0 Å². The second-order valence-corrected chi connectivity index (χ2v) is 5.26. The summed E-state index contributed by atoms with van der Waals surface area (Å²) in [4.78, 5) is 25.6. The molecule has 2 heterocycles. The largest absolute Gasteiger partial charge is 0.403 e. The zero-order valence-electron chi connectivity index (χ0n) is 11.0. The summed E-state index contributed by atoms with van der Waals surface area (Å²) in [6, 6.07) is 4.34. The zero-order valence-corrected chi connectivity index (χ0v) is 11.0. The molecule has 0 spiro atoms. The molecule has 2 aliphatic heterocycles. The van der Waals surface area contributed by atoms with Crippen molar-refractivity contribution >= 4 is 11.8 Å². The van der Waals surface area contributed by atoms with Gasteiger partial charge in [-0.25, -0.2) is 0 Å². The number of hydrogen-bond acceptors (Lipinski definition) is 3. The van der Waals surface area contributed by atoms with Crippen molar-refractivity contribution in [1.82, 2.24) is 10.2 Å². The monoisotopic (exact) mass is 298 g/mol. The van der Waals surface area contributed by atoms with Crippen LogP contribution in [0.2, 0.25) is 0 Å². The van der Waals surface area contributed by atoms with E-state index in [-0.39, 0.29) is 19.4 Å². The number of carbonyl (C=O) groups excluding carboxylic acids is 2. The molecule has 1 fully saturated rings. The number of piperidine rings is 1. The number of benzene rings is 1. The molecule has 2 unspecified atom stereocenters. The smallest absolute Gasteiger partial charge is 0.304 e. The van der Waals surface area contributed by atoms with E-state index >= 15 is 0 Å². The highest BCUT2D eigenvalue weighted by atomic mass is 19.4. The third kappa shape index (κ3) is 2.31. The average Bonchev–Trinajstić information content (AvgIpc) is 2.71. The van der Waals surface area contributed by atoms with Crippen molar-refractivity contribution in [3.63, 3.8) is 0 Å². The number of amides is 2. The van der Waals surface area contributed by atoms with Gasteiger partial charge in [-0.05, 0) is 25.0 Å². The second kappa shape index (κ2) is 4.84. The number of hydrogen-bond donors (Lipinski definition) is 1. The first-order valence-corrected chi connectivity index (χ1v) is 6.66. The van der Waals surface area contributed by atoms with Gasteiger partial charge in [-0.2, -0.15) is 13.2 Å². The van der Waals surface area contributed by atoms with Gasteiger partial charge in [0.1, 0.15) is 6.04 Å². The molecule has 7 heteroatoms. The van der Waals surface area contributed by atoms with E-state index in [0.717, 1.165) is 4.90 Å². The van der Waals surface area contributed by atoms with Gasteiger partial charge in [0.2, 0.25) is 0 Å².